The van der Waals surface area contributed by atoms with Gasteiger partial charge in [-0.3, -0.25) is 4.79 Å². The fourth-order valence-corrected chi connectivity index (χ4v) is 3.13. The summed E-state index contributed by atoms with van der Waals surface area (Å²) in [5, 5.41) is 17.3. The molecule has 1 unspecified atom stereocenters. The number of hydrogen-bond donors (Lipinski definition) is 2. The van der Waals surface area contributed by atoms with Crippen molar-refractivity contribution < 1.29 is 18.3 Å². The number of nitriles is 1. The van der Waals surface area contributed by atoms with E-state index in [1.165, 1.54) is 6.07 Å². The summed E-state index contributed by atoms with van der Waals surface area (Å²) in [5.74, 6) is -1.20. The summed E-state index contributed by atoms with van der Waals surface area (Å²) < 4.78 is 26.2. The molecule has 0 aliphatic heterocycles. The molecule has 6 nitrogen and oxygen atoms in total. The molecule has 1 aromatic carbocycles. The Morgan fingerprint density at radius 3 is 2.80 bits per heavy atom. The molecule has 0 bridgehead atoms. The molecule has 0 saturated carbocycles. The molecular weight excluding hydrogens is 280 g/mol. The third-order valence-corrected chi connectivity index (χ3v) is 4.06. The SMILES string of the molecule is CC(CCC(=O)O)NS(=O)(=O)Cc1cccc(C#N)c1. The van der Waals surface area contributed by atoms with Gasteiger partial charge in [-0.1, -0.05) is 12.1 Å². The van der Waals surface area contributed by atoms with Gasteiger partial charge in [0.05, 0.1) is 17.4 Å². The zero-order valence-electron chi connectivity index (χ0n) is 11.0. The highest BCUT2D eigenvalue weighted by atomic mass is 32.2. The number of carbonyl (C=O) groups is 1. The van der Waals surface area contributed by atoms with Gasteiger partial charge in [0.2, 0.25) is 10.0 Å². The van der Waals surface area contributed by atoms with Crippen molar-refractivity contribution in [2.75, 3.05) is 0 Å². The summed E-state index contributed by atoms with van der Waals surface area (Å²) in [6.45, 7) is 1.62. The van der Waals surface area contributed by atoms with Crippen LogP contribution in [-0.4, -0.2) is 25.5 Å². The molecule has 1 aromatic rings. The van der Waals surface area contributed by atoms with Gasteiger partial charge in [-0.25, -0.2) is 13.1 Å². The van der Waals surface area contributed by atoms with Crippen molar-refractivity contribution in [2.45, 2.75) is 31.6 Å². The van der Waals surface area contributed by atoms with E-state index in [9.17, 15) is 13.2 Å². The molecule has 20 heavy (non-hydrogen) atoms. The van der Waals surface area contributed by atoms with Gasteiger partial charge in [-0.2, -0.15) is 5.26 Å². The van der Waals surface area contributed by atoms with Crippen molar-refractivity contribution in [2.24, 2.45) is 0 Å². The maximum Gasteiger partial charge on any atom is 0.303 e. The fourth-order valence-electron chi connectivity index (χ4n) is 1.70. The number of hydrogen-bond acceptors (Lipinski definition) is 4. The number of nitrogens with one attached hydrogen (secondary N) is 1. The Labute approximate surface area is 118 Å². The van der Waals surface area contributed by atoms with Gasteiger partial charge in [0.1, 0.15) is 0 Å². The van der Waals surface area contributed by atoms with Crippen molar-refractivity contribution >= 4 is 16.0 Å². The Hall–Kier alpha value is -1.91. The highest BCUT2D eigenvalue weighted by molar-refractivity contribution is 7.88. The minimum Gasteiger partial charge on any atom is -0.481 e. The van der Waals surface area contributed by atoms with Crippen LogP contribution in [0.15, 0.2) is 24.3 Å². The van der Waals surface area contributed by atoms with Crippen LogP contribution in [0.4, 0.5) is 0 Å². The lowest BCUT2D eigenvalue weighted by Crippen LogP contribution is -2.33. The van der Waals surface area contributed by atoms with E-state index in [1.54, 1.807) is 25.1 Å². The van der Waals surface area contributed by atoms with Gasteiger partial charge >= 0.3 is 5.97 Å². The molecule has 0 spiro atoms. The second kappa shape index (κ2) is 7.03. The molecule has 7 heteroatoms. The van der Waals surface area contributed by atoms with E-state index < -0.39 is 22.0 Å². The Kier molecular flexibility index (Phi) is 5.67. The normalized spacial score (nSPS) is 12.6. The van der Waals surface area contributed by atoms with E-state index in [1.807, 2.05) is 6.07 Å². The molecule has 0 radical (unpaired) electrons. The highest BCUT2D eigenvalue weighted by Crippen LogP contribution is 2.09. The van der Waals surface area contributed by atoms with Gasteiger partial charge < -0.3 is 5.11 Å². The predicted molar refractivity (Wildman–Crippen MR) is 73.2 cm³/mol. The van der Waals surface area contributed by atoms with E-state index in [-0.39, 0.29) is 18.6 Å². The molecule has 1 rings (SSSR count). The zero-order valence-corrected chi connectivity index (χ0v) is 11.9. The van der Waals surface area contributed by atoms with Crippen LogP contribution in [0, 0.1) is 11.3 Å². The smallest absolute Gasteiger partial charge is 0.303 e. The summed E-state index contributed by atoms with van der Waals surface area (Å²) in [6.07, 6.45) is 0.139. The highest BCUT2D eigenvalue weighted by Gasteiger charge is 2.16. The van der Waals surface area contributed by atoms with Crippen LogP contribution in [0.25, 0.3) is 0 Å². The maximum atomic E-state index is 11.9. The predicted octanol–water partition coefficient (Wildman–Crippen LogP) is 1.23. The molecule has 0 aliphatic carbocycles. The van der Waals surface area contributed by atoms with E-state index in [2.05, 4.69) is 4.72 Å². The average Bonchev–Trinajstić information content (AvgIpc) is 2.35. The first-order chi connectivity index (χ1) is 9.32. The van der Waals surface area contributed by atoms with Gasteiger partial charge in [0.25, 0.3) is 0 Å². The number of carboxylic acids is 1. The fraction of sp³-hybridized carbons (Fsp3) is 0.385. The van der Waals surface area contributed by atoms with Crippen LogP contribution in [0.3, 0.4) is 0 Å². The lowest BCUT2D eigenvalue weighted by molar-refractivity contribution is -0.137. The molecule has 0 aromatic heterocycles. The third-order valence-electron chi connectivity index (χ3n) is 2.58. The maximum absolute atomic E-state index is 11.9. The van der Waals surface area contributed by atoms with E-state index in [0.29, 0.717) is 11.1 Å². The topological polar surface area (TPSA) is 107 Å². The summed E-state index contributed by atoms with van der Waals surface area (Å²) in [5.41, 5.74) is 0.915. The minimum atomic E-state index is -3.56. The molecule has 1 atom stereocenters. The van der Waals surface area contributed by atoms with Crippen molar-refractivity contribution in [3.05, 3.63) is 35.4 Å². The summed E-state index contributed by atoms with van der Waals surface area (Å²) >= 11 is 0. The Morgan fingerprint density at radius 2 is 2.20 bits per heavy atom. The molecular formula is C13H16N2O4S. The summed E-state index contributed by atoms with van der Waals surface area (Å²) in [6, 6.07) is 7.86. The first-order valence-corrected chi connectivity index (χ1v) is 7.68. The second-order valence-electron chi connectivity index (χ2n) is 4.52. The number of benzene rings is 1. The number of rotatable bonds is 7. The summed E-state index contributed by atoms with van der Waals surface area (Å²) in [4.78, 5) is 10.4. The molecule has 2 N–H and O–H groups in total. The number of sulfonamides is 1. The van der Waals surface area contributed by atoms with Crippen LogP contribution < -0.4 is 4.72 Å². The van der Waals surface area contributed by atoms with Crippen molar-refractivity contribution in [1.29, 1.82) is 5.26 Å². The second-order valence-corrected chi connectivity index (χ2v) is 6.28. The number of aliphatic carboxylic acids is 1. The van der Waals surface area contributed by atoms with Gasteiger partial charge in [-0.15, -0.1) is 0 Å². The molecule has 0 saturated heterocycles. The van der Waals surface area contributed by atoms with E-state index >= 15 is 0 Å². The standard InChI is InChI=1S/C13H16N2O4S/c1-10(5-6-13(16)17)15-20(18,19)9-12-4-2-3-11(7-12)8-14/h2-4,7,10,15H,5-6,9H2,1H3,(H,16,17). The number of nitrogens with zero attached hydrogens (tertiary/aromatic N) is 1. The Balaban J connectivity index is 2.65. The monoisotopic (exact) mass is 296 g/mol. The molecule has 108 valence electrons. The first-order valence-electron chi connectivity index (χ1n) is 6.03. The van der Waals surface area contributed by atoms with E-state index in [0.717, 1.165) is 0 Å². The van der Waals surface area contributed by atoms with E-state index in [4.69, 9.17) is 10.4 Å². The van der Waals surface area contributed by atoms with Crippen molar-refractivity contribution in [3.8, 4) is 6.07 Å². The largest absolute Gasteiger partial charge is 0.481 e. The molecule has 0 fully saturated rings. The Morgan fingerprint density at radius 1 is 1.50 bits per heavy atom. The lowest BCUT2D eigenvalue weighted by atomic mass is 10.2. The van der Waals surface area contributed by atoms with Crippen molar-refractivity contribution in [3.63, 3.8) is 0 Å². The zero-order chi connectivity index (χ0) is 15.2. The van der Waals surface area contributed by atoms with Crippen LogP contribution >= 0.6 is 0 Å². The third kappa shape index (κ3) is 5.82. The van der Waals surface area contributed by atoms with Crippen LogP contribution in [0.5, 0.6) is 0 Å². The Bertz CT molecular complexity index is 620. The first kappa shape index (κ1) is 16.1. The van der Waals surface area contributed by atoms with Gasteiger partial charge in [-0.05, 0) is 31.0 Å². The van der Waals surface area contributed by atoms with Crippen LogP contribution in [0.1, 0.15) is 30.9 Å². The molecule has 0 amide bonds. The van der Waals surface area contributed by atoms with Crippen molar-refractivity contribution in [1.82, 2.24) is 4.72 Å². The number of carboxylic acid groups (broad SMARTS) is 1. The van der Waals surface area contributed by atoms with Crippen LogP contribution in [0.2, 0.25) is 0 Å². The average molecular weight is 296 g/mol. The van der Waals surface area contributed by atoms with Gasteiger partial charge in [0, 0.05) is 12.5 Å². The summed E-state index contributed by atoms with van der Waals surface area (Å²) in [7, 11) is -3.56. The molecule has 0 aliphatic rings. The van der Waals surface area contributed by atoms with Gasteiger partial charge in [0.15, 0.2) is 0 Å². The quantitative estimate of drug-likeness (QED) is 0.787. The van der Waals surface area contributed by atoms with Crippen LogP contribution in [-0.2, 0) is 20.6 Å². The minimum absolute atomic E-state index is 0.0897. The lowest BCUT2D eigenvalue weighted by Gasteiger charge is -2.13. The molecule has 0 heterocycles.